The standard InChI is InChI=1S/C20H27N7O/c1-26-13-18(28)27(16-6-4-8-21-11-16)12-17-19(24-14-25-20(17)26)23-10-7-15-5-2-3-9-22-15/h2-3,5,9,14,16,21H,4,6-8,10-13H2,1H3,(H,23,24,25). The molecule has 0 bridgehead atoms. The van der Waals surface area contributed by atoms with Crippen molar-refractivity contribution in [2.75, 3.05) is 43.4 Å². The SMILES string of the molecule is CN1CC(=O)N(C2CCCNC2)Cc2c(NCCc3ccccn3)ncnc21. The molecule has 1 atom stereocenters. The van der Waals surface area contributed by atoms with Crippen molar-refractivity contribution in [1.82, 2.24) is 25.2 Å². The second-order valence-corrected chi connectivity index (χ2v) is 7.40. The number of hydrogen-bond donors (Lipinski definition) is 2. The Kier molecular flexibility index (Phi) is 5.66. The summed E-state index contributed by atoms with van der Waals surface area (Å²) in [5.41, 5.74) is 2.03. The number of pyridine rings is 1. The van der Waals surface area contributed by atoms with Crippen molar-refractivity contribution in [1.29, 1.82) is 0 Å². The predicted octanol–water partition coefficient (Wildman–Crippen LogP) is 1.06. The van der Waals surface area contributed by atoms with Crippen LogP contribution in [0, 0.1) is 0 Å². The zero-order valence-corrected chi connectivity index (χ0v) is 16.3. The summed E-state index contributed by atoms with van der Waals surface area (Å²) in [6.07, 6.45) is 6.32. The highest BCUT2D eigenvalue weighted by atomic mass is 16.2. The highest BCUT2D eigenvalue weighted by molar-refractivity contribution is 5.84. The van der Waals surface area contributed by atoms with E-state index in [9.17, 15) is 4.79 Å². The molecule has 28 heavy (non-hydrogen) atoms. The smallest absolute Gasteiger partial charge is 0.242 e. The van der Waals surface area contributed by atoms with E-state index in [0.717, 1.165) is 61.8 Å². The third-order valence-corrected chi connectivity index (χ3v) is 5.42. The molecule has 1 amide bonds. The van der Waals surface area contributed by atoms with Gasteiger partial charge in [-0.15, -0.1) is 0 Å². The summed E-state index contributed by atoms with van der Waals surface area (Å²) >= 11 is 0. The molecule has 0 aliphatic carbocycles. The van der Waals surface area contributed by atoms with Crippen LogP contribution in [0.2, 0.25) is 0 Å². The second kappa shape index (κ2) is 8.52. The molecule has 2 aromatic rings. The molecule has 2 aliphatic rings. The van der Waals surface area contributed by atoms with Gasteiger partial charge in [0.05, 0.1) is 18.7 Å². The van der Waals surface area contributed by atoms with E-state index >= 15 is 0 Å². The lowest BCUT2D eigenvalue weighted by atomic mass is 10.0. The molecular weight excluding hydrogens is 354 g/mol. The summed E-state index contributed by atoms with van der Waals surface area (Å²) in [4.78, 5) is 30.1. The fourth-order valence-corrected chi connectivity index (χ4v) is 3.94. The van der Waals surface area contributed by atoms with Crippen molar-refractivity contribution in [3.05, 3.63) is 42.0 Å². The molecule has 0 spiro atoms. The minimum absolute atomic E-state index is 0.147. The number of piperidine rings is 1. The first kappa shape index (κ1) is 18.6. The maximum absolute atomic E-state index is 12.9. The molecule has 2 aromatic heterocycles. The van der Waals surface area contributed by atoms with Crippen molar-refractivity contribution < 1.29 is 4.79 Å². The molecule has 148 valence electrons. The van der Waals surface area contributed by atoms with Crippen LogP contribution in [0.1, 0.15) is 24.1 Å². The molecule has 8 nitrogen and oxygen atoms in total. The van der Waals surface area contributed by atoms with Gasteiger partial charge in [0.25, 0.3) is 0 Å². The lowest BCUT2D eigenvalue weighted by Gasteiger charge is -2.34. The van der Waals surface area contributed by atoms with Gasteiger partial charge in [0.1, 0.15) is 18.0 Å². The van der Waals surface area contributed by atoms with Gasteiger partial charge in [-0.3, -0.25) is 9.78 Å². The number of nitrogens with zero attached hydrogens (tertiary/aromatic N) is 5. The lowest BCUT2D eigenvalue weighted by Crippen LogP contribution is -2.49. The number of carbonyl (C=O) groups excluding carboxylic acids is 1. The monoisotopic (exact) mass is 381 g/mol. The number of nitrogens with one attached hydrogen (secondary N) is 2. The number of rotatable bonds is 5. The minimum Gasteiger partial charge on any atom is -0.369 e. The summed E-state index contributed by atoms with van der Waals surface area (Å²) in [5, 5.41) is 6.85. The Morgan fingerprint density at radius 1 is 1.25 bits per heavy atom. The van der Waals surface area contributed by atoms with Crippen LogP contribution in [0.4, 0.5) is 11.6 Å². The first-order chi connectivity index (χ1) is 13.7. The summed E-state index contributed by atoms with van der Waals surface area (Å²) in [6, 6.07) is 6.16. The van der Waals surface area contributed by atoms with E-state index in [1.807, 2.05) is 41.2 Å². The normalized spacial score (nSPS) is 19.9. The average Bonchev–Trinajstić information content (AvgIpc) is 2.86. The molecule has 1 saturated heterocycles. The second-order valence-electron chi connectivity index (χ2n) is 7.40. The first-order valence-electron chi connectivity index (χ1n) is 9.91. The largest absolute Gasteiger partial charge is 0.369 e. The molecule has 2 N–H and O–H groups in total. The maximum Gasteiger partial charge on any atom is 0.242 e. The number of fused-ring (bicyclic) bond motifs is 1. The zero-order valence-electron chi connectivity index (χ0n) is 16.3. The van der Waals surface area contributed by atoms with Gasteiger partial charge in [-0.1, -0.05) is 6.07 Å². The van der Waals surface area contributed by atoms with Gasteiger partial charge in [-0.25, -0.2) is 9.97 Å². The van der Waals surface area contributed by atoms with E-state index < -0.39 is 0 Å². The highest BCUT2D eigenvalue weighted by Gasteiger charge is 2.32. The topological polar surface area (TPSA) is 86.3 Å². The number of hydrogen-bond acceptors (Lipinski definition) is 7. The molecule has 4 heterocycles. The van der Waals surface area contributed by atoms with Gasteiger partial charge < -0.3 is 20.4 Å². The van der Waals surface area contributed by atoms with Crippen LogP contribution in [0.15, 0.2) is 30.7 Å². The van der Waals surface area contributed by atoms with Gasteiger partial charge in [-0.05, 0) is 31.5 Å². The Bertz CT molecular complexity index is 807. The number of aromatic nitrogens is 3. The van der Waals surface area contributed by atoms with Crippen LogP contribution in [0.25, 0.3) is 0 Å². The highest BCUT2D eigenvalue weighted by Crippen LogP contribution is 2.29. The first-order valence-corrected chi connectivity index (χ1v) is 9.91. The third-order valence-electron chi connectivity index (χ3n) is 5.42. The number of carbonyl (C=O) groups is 1. The van der Waals surface area contributed by atoms with Gasteiger partial charge in [0.2, 0.25) is 5.91 Å². The van der Waals surface area contributed by atoms with Crippen molar-refractivity contribution in [3.63, 3.8) is 0 Å². The van der Waals surface area contributed by atoms with Crippen LogP contribution in [0.3, 0.4) is 0 Å². The minimum atomic E-state index is 0.147. The molecule has 4 rings (SSSR count). The Morgan fingerprint density at radius 3 is 2.96 bits per heavy atom. The van der Waals surface area contributed by atoms with Gasteiger partial charge in [0.15, 0.2) is 0 Å². The average molecular weight is 381 g/mol. The summed E-state index contributed by atoms with van der Waals surface area (Å²) in [5.74, 6) is 1.78. The molecule has 0 aromatic carbocycles. The van der Waals surface area contributed by atoms with Crippen LogP contribution >= 0.6 is 0 Å². The van der Waals surface area contributed by atoms with Gasteiger partial charge in [-0.2, -0.15) is 0 Å². The summed E-state index contributed by atoms with van der Waals surface area (Å²) in [6.45, 7) is 3.48. The van der Waals surface area contributed by atoms with E-state index in [-0.39, 0.29) is 11.9 Å². The third kappa shape index (κ3) is 4.06. The number of anilines is 2. The molecular formula is C20H27N7O. The summed E-state index contributed by atoms with van der Waals surface area (Å²) in [7, 11) is 1.92. The van der Waals surface area contributed by atoms with Crippen molar-refractivity contribution in [2.45, 2.75) is 31.8 Å². The quantitative estimate of drug-likeness (QED) is 0.801. The van der Waals surface area contributed by atoms with Crippen LogP contribution in [0.5, 0.6) is 0 Å². The number of likely N-dealkylation sites (N-methyl/N-ethyl adjacent to an activating group) is 1. The molecule has 1 unspecified atom stereocenters. The summed E-state index contributed by atoms with van der Waals surface area (Å²) < 4.78 is 0. The Labute approximate surface area is 165 Å². The predicted molar refractivity (Wildman–Crippen MR) is 108 cm³/mol. The van der Waals surface area contributed by atoms with Crippen molar-refractivity contribution >= 4 is 17.5 Å². The van der Waals surface area contributed by atoms with Gasteiger partial charge >= 0.3 is 0 Å². The van der Waals surface area contributed by atoms with Crippen molar-refractivity contribution in [2.24, 2.45) is 0 Å². The van der Waals surface area contributed by atoms with Gasteiger partial charge in [0, 0.05) is 44.5 Å². The fraction of sp³-hybridized carbons (Fsp3) is 0.500. The van der Waals surface area contributed by atoms with E-state index in [1.165, 1.54) is 0 Å². The van der Waals surface area contributed by atoms with Crippen LogP contribution < -0.4 is 15.5 Å². The van der Waals surface area contributed by atoms with E-state index in [4.69, 9.17) is 0 Å². The zero-order chi connectivity index (χ0) is 19.3. The van der Waals surface area contributed by atoms with E-state index in [1.54, 1.807) is 6.33 Å². The van der Waals surface area contributed by atoms with Crippen LogP contribution in [-0.4, -0.2) is 65.0 Å². The Morgan fingerprint density at radius 2 is 2.18 bits per heavy atom. The van der Waals surface area contributed by atoms with Crippen LogP contribution in [-0.2, 0) is 17.8 Å². The molecule has 1 fully saturated rings. The van der Waals surface area contributed by atoms with E-state index in [0.29, 0.717) is 13.1 Å². The Balaban J connectivity index is 1.53. The van der Waals surface area contributed by atoms with E-state index in [2.05, 4.69) is 25.6 Å². The number of amides is 1. The molecule has 2 aliphatic heterocycles. The maximum atomic E-state index is 12.9. The van der Waals surface area contributed by atoms with Crippen molar-refractivity contribution in [3.8, 4) is 0 Å². The molecule has 8 heteroatoms. The lowest BCUT2D eigenvalue weighted by molar-refractivity contribution is -0.132. The Hall–Kier alpha value is -2.74. The molecule has 0 radical (unpaired) electrons. The fourth-order valence-electron chi connectivity index (χ4n) is 3.94. The molecule has 0 saturated carbocycles.